The number of nitrogens with one attached hydrogen (secondary N) is 1. The predicted octanol–water partition coefficient (Wildman–Crippen LogP) is 0.0372. The Morgan fingerprint density at radius 2 is 2.44 bits per heavy atom. The highest BCUT2D eigenvalue weighted by atomic mass is 32.2. The van der Waals surface area contributed by atoms with Crippen LogP contribution in [-0.2, 0) is 22.9 Å². The second-order valence-electron chi connectivity index (χ2n) is 4.34. The van der Waals surface area contributed by atoms with Gasteiger partial charge in [0, 0.05) is 19.3 Å². The van der Waals surface area contributed by atoms with Crippen molar-refractivity contribution in [3.05, 3.63) is 18.2 Å². The van der Waals surface area contributed by atoms with E-state index < -0.39 is 9.84 Å². The monoisotopic (exact) mass is 243 g/mol. The van der Waals surface area contributed by atoms with E-state index in [1.54, 1.807) is 6.33 Å². The lowest BCUT2D eigenvalue weighted by Crippen LogP contribution is -2.16. The molecule has 1 unspecified atom stereocenters. The van der Waals surface area contributed by atoms with Crippen LogP contribution in [0.4, 0.5) is 0 Å². The summed E-state index contributed by atoms with van der Waals surface area (Å²) in [6.45, 7) is 1.52. The van der Waals surface area contributed by atoms with Crippen molar-refractivity contribution in [3.8, 4) is 0 Å². The number of sulfone groups is 1. The minimum absolute atomic E-state index is 0.245. The summed E-state index contributed by atoms with van der Waals surface area (Å²) in [5.74, 6) is 0.910. The van der Waals surface area contributed by atoms with E-state index in [0.29, 0.717) is 11.5 Å². The first-order valence-corrected chi connectivity index (χ1v) is 7.27. The molecule has 0 aromatic carbocycles. The molecule has 5 nitrogen and oxygen atoms in total. The molecule has 0 radical (unpaired) electrons. The maximum atomic E-state index is 11.3. The zero-order valence-electron chi connectivity index (χ0n) is 9.39. The topological polar surface area (TPSA) is 64.0 Å². The Hall–Kier alpha value is -0.880. The van der Waals surface area contributed by atoms with Crippen LogP contribution in [0.2, 0.25) is 0 Å². The van der Waals surface area contributed by atoms with Crippen LogP contribution in [0.5, 0.6) is 0 Å². The van der Waals surface area contributed by atoms with E-state index in [1.165, 1.54) is 0 Å². The third-order valence-corrected chi connectivity index (χ3v) is 4.78. The summed E-state index contributed by atoms with van der Waals surface area (Å²) >= 11 is 0. The molecule has 6 heteroatoms. The predicted molar refractivity (Wildman–Crippen MR) is 61.8 cm³/mol. The summed E-state index contributed by atoms with van der Waals surface area (Å²) in [7, 11) is -0.887. The van der Waals surface area contributed by atoms with Gasteiger partial charge in [-0.15, -0.1) is 0 Å². The molecule has 0 spiro atoms. The molecule has 2 rings (SSSR count). The number of nitrogens with zero attached hydrogens (tertiary/aromatic N) is 2. The molecule has 1 saturated heterocycles. The van der Waals surface area contributed by atoms with Crippen LogP contribution >= 0.6 is 0 Å². The number of hydrogen-bond donors (Lipinski definition) is 1. The molecule has 1 aromatic heterocycles. The van der Waals surface area contributed by atoms with E-state index in [-0.39, 0.29) is 5.92 Å². The SMILES string of the molecule is CNCc1cncn1CC1CCS(=O)(=O)C1. The van der Waals surface area contributed by atoms with Gasteiger partial charge in [0.2, 0.25) is 0 Å². The largest absolute Gasteiger partial charge is 0.333 e. The maximum absolute atomic E-state index is 11.3. The Bertz CT molecular complexity index is 452. The van der Waals surface area contributed by atoms with Gasteiger partial charge in [-0.05, 0) is 19.4 Å². The van der Waals surface area contributed by atoms with Crippen LogP contribution in [0, 0.1) is 5.92 Å². The van der Waals surface area contributed by atoms with Gasteiger partial charge in [-0.2, -0.15) is 0 Å². The van der Waals surface area contributed by atoms with Crippen LogP contribution in [0.1, 0.15) is 12.1 Å². The lowest BCUT2D eigenvalue weighted by atomic mass is 10.1. The van der Waals surface area contributed by atoms with E-state index in [0.717, 1.165) is 25.2 Å². The van der Waals surface area contributed by atoms with Crippen LogP contribution < -0.4 is 5.32 Å². The van der Waals surface area contributed by atoms with Gasteiger partial charge in [-0.3, -0.25) is 0 Å². The molecule has 1 aliphatic heterocycles. The van der Waals surface area contributed by atoms with Crippen molar-refractivity contribution in [1.82, 2.24) is 14.9 Å². The highest BCUT2D eigenvalue weighted by molar-refractivity contribution is 7.91. The van der Waals surface area contributed by atoms with Gasteiger partial charge in [0.25, 0.3) is 0 Å². The molecule has 0 amide bonds. The minimum Gasteiger partial charge on any atom is -0.333 e. The van der Waals surface area contributed by atoms with E-state index in [1.807, 2.05) is 17.8 Å². The molecule has 1 N–H and O–H groups in total. The molecule has 0 saturated carbocycles. The number of aromatic nitrogens is 2. The van der Waals surface area contributed by atoms with Gasteiger partial charge in [-0.1, -0.05) is 0 Å². The number of rotatable bonds is 4. The quantitative estimate of drug-likeness (QED) is 0.811. The lowest BCUT2D eigenvalue weighted by molar-refractivity contribution is 0.476. The Morgan fingerprint density at radius 3 is 3.06 bits per heavy atom. The Kier molecular flexibility index (Phi) is 3.30. The summed E-state index contributed by atoms with van der Waals surface area (Å²) in [6, 6.07) is 0. The summed E-state index contributed by atoms with van der Waals surface area (Å²) in [5, 5.41) is 3.07. The van der Waals surface area contributed by atoms with Crippen molar-refractivity contribution in [3.63, 3.8) is 0 Å². The molecule has 0 aliphatic carbocycles. The third-order valence-electron chi connectivity index (χ3n) is 2.94. The summed E-state index contributed by atoms with van der Waals surface area (Å²) in [5.41, 5.74) is 1.10. The molecular weight excluding hydrogens is 226 g/mol. The normalized spacial score (nSPS) is 23.7. The second kappa shape index (κ2) is 4.55. The fourth-order valence-corrected chi connectivity index (χ4v) is 3.98. The molecule has 1 atom stereocenters. The van der Waals surface area contributed by atoms with E-state index in [4.69, 9.17) is 0 Å². The highest BCUT2D eigenvalue weighted by Gasteiger charge is 2.28. The van der Waals surface area contributed by atoms with E-state index >= 15 is 0 Å². The van der Waals surface area contributed by atoms with Gasteiger partial charge < -0.3 is 9.88 Å². The zero-order valence-corrected chi connectivity index (χ0v) is 10.2. The first-order chi connectivity index (χ1) is 7.61. The van der Waals surface area contributed by atoms with Gasteiger partial charge in [0.1, 0.15) is 0 Å². The molecule has 90 valence electrons. The Labute approximate surface area is 95.8 Å². The van der Waals surface area contributed by atoms with Crippen LogP contribution in [0.25, 0.3) is 0 Å². The minimum atomic E-state index is -2.77. The van der Waals surface area contributed by atoms with Gasteiger partial charge in [0.05, 0.1) is 23.5 Å². The van der Waals surface area contributed by atoms with Crippen molar-refractivity contribution >= 4 is 9.84 Å². The Morgan fingerprint density at radius 1 is 1.62 bits per heavy atom. The van der Waals surface area contributed by atoms with E-state index in [2.05, 4.69) is 10.3 Å². The summed E-state index contributed by atoms with van der Waals surface area (Å²) in [4.78, 5) is 4.09. The van der Waals surface area contributed by atoms with Crippen LogP contribution in [0.3, 0.4) is 0 Å². The molecule has 1 aliphatic rings. The standard InChI is InChI=1S/C10H17N3O2S/c1-11-4-10-5-12-8-13(10)6-9-2-3-16(14,15)7-9/h5,8-9,11H,2-4,6-7H2,1H3. The number of hydrogen-bond acceptors (Lipinski definition) is 4. The molecule has 0 bridgehead atoms. The van der Waals surface area contributed by atoms with Crippen LogP contribution in [0.15, 0.2) is 12.5 Å². The first kappa shape index (κ1) is 11.6. The van der Waals surface area contributed by atoms with E-state index in [9.17, 15) is 8.42 Å². The van der Waals surface area contributed by atoms with Gasteiger partial charge in [0.15, 0.2) is 9.84 Å². The average molecular weight is 243 g/mol. The maximum Gasteiger partial charge on any atom is 0.150 e. The Balaban J connectivity index is 2.02. The molecule has 16 heavy (non-hydrogen) atoms. The highest BCUT2D eigenvalue weighted by Crippen LogP contribution is 2.20. The smallest absolute Gasteiger partial charge is 0.150 e. The molecular formula is C10H17N3O2S. The van der Waals surface area contributed by atoms with Crippen molar-refractivity contribution in [2.45, 2.75) is 19.5 Å². The average Bonchev–Trinajstić information content (AvgIpc) is 2.76. The van der Waals surface area contributed by atoms with Crippen LogP contribution in [-0.4, -0.2) is 36.5 Å². The van der Waals surface area contributed by atoms with Crippen molar-refractivity contribution < 1.29 is 8.42 Å². The third kappa shape index (κ3) is 2.62. The molecule has 1 fully saturated rings. The fraction of sp³-hybridized carbons (Fsp3) is 0.700. The molecule has 2 heterocycles. The van der Waals surface area contributed by atoms with Crippen molar-refractivity contribution in [1.29, 1.82) is 0 Å². The van der Waals surface area contributed by atoms with Crippen molar-refractivity contribution in [2.24, 2.45) is 5.92 Å². The van der Waals surface area contributed by atoms with Crippen molar-refractivity contribution in [2.75, 3.05) is 18.6 Å². The summed E-state index contributed by atoms with van der Waals surface area (Å²) in [6.07, 6.45) is 4.37. The van der Waals surface area contributed by atoms with Gasteiger partial charge in [-0.25, -0.2) is 13.4 Å². The second-order valence-corrected chi connectivity index (χ2v) is 6.57. The number of imidazole rings is 1. The zero-order chi connectivity index (χ0) is 11.6. The first-order valence-electron chi connectivity index (χ1n) is 5.45. The summed E-state index contributed by atoms with van der Waals surface area (Å²) < 4.78 is 24.7. The van der Waals surface area contributed by atoms with Gasteiger partial charge >= 0.3 is 0 Å². The fourth-order valence-electron chi connectivity index (χ4n) is 2.14. The lowest BCUT2D eigenvalue weighted by Gasteiger charge is -2.11. The molecule has 1 aromatic rings.